The highest BCUT2D eigenvalue weighted by Gasteiger charge is 2.31. The quantitative estimate of drug-likeness (QED) is 0.484. The standard InChI is InChI=1S/C23H28N2O7/c1-13-7-8-15(32-13)20(26)18-19(25(10-9-24(2)3)23(28)21(18)27)14-11-16(29-4)22(31-6)17(12-14)30-5/h7-8,11-12,27-28H,9-10H2,1-6H3. The highest BCUT2D eigenvalue weighted by atomic mass is 16.5. The van der Waals surface area contributed by atoms with E-state index in [2.05, 4.69) is 0 Å². The predicted molar refractivity (Wildman–Crippen MR) is 118 cm³/mol. The van der Waals surface area contributed by atoms with Crippen LogP contribution in [0.2, 0.25) is 0 Å². The molecule has 172 valence electrons. The van der Waals surface area contributed by atoms with E-state index in [1.165, 1.54) is 32.0 Å². The molecular formula is C23H28N2O7. The highest BCUT2D eigenvalue weighted by molar-refractivity contribution is 6.13. The maximum absolute atomic E-state index is 13.3. The molecule has 2 aromatic heterocycles. The number of furan rings is 1. The Hall–Kier alpha value is -3.59. The van der Waals surface area contributed by atoms with Crippen LogP contribution in [0.5, 0.6) is 28.9 Å². The number of hydrogen-bond donors (Lipinski definition) is 2. The maximum atomic E-state index is 13.3. The summed E-state index contributed by atoms with van der Waals surface area (Å²) in [5, 5.41) is 21.5. The van der Waals surface area contributed by atoms with Crippen LogP contribution in [-0.2, 0) is 6.54 Å². The molecule has 1 aromatic carbocycles. The summed E-state index contributed by atoms with van der Waals surface area (Å²) in [6.45, 7) is 2.58. The molecule has 0 aliphatic heterocycles. The average molecular weight is 444 g/mol. The smallest absolute Gasteiger partial charge is 0.235 e. The lowest BCUT2D eigenvalue weighted by Gasteiger charge is -2.17. The third-order valence-electron chi connectivity index (χ3n) is 5.11. The number of carbonyl (C=O) groups excluding carboxylic acids is 1. The van der Waals surface area contributed by atoms with Crippen LogP contribution in [0.25, 0.3) is 11.3 Å². The molecule has 0 saturated carbocycles. The number of benzene rings is 1. The third kappa shape index (κ3) is 4.11. The average Bonchev–Trinajstić information content (AvgIpc) is 3.32. The predicted octanol–water partition coefficient (Wildman–Crippen LogP) is 3.29. The fourth-order valence-corrected chi connectivity index (χ4v) is 3.52. The number of methoxy groups -OCH3 is 3. The molecule has 0 spiro atoms. The molecule has 3 rings (SSSR count). The van der Waals surface area contributed by atoms with Crippen molar-refractivity contribution >= 4 is 5.78 Å². The molecule has 2 heterocycles. The van der Waals surface area contributed by atoms with Gasteiger partial charge in [-0.25, -0.2) is 0 Å². The Balaban J connectivity index is 2.31. The second kappa shape index (κ2) is 9.27. The molecule has 0 fully saturated rings. The molecule has 0 aliphatic carbocycles. The van der Waals surface area contributed by atoms with Gasteiger partial charge in [-0.2, -0.15) is 0 Å². The molecule has 32 heavy (non-hydrogen) atoms. The van der Waals surface area contributed by atoms with Gasteiger partial charge < -0.3 is 38.3 Å². The normalized spacial score (nSPS) is 11.1. The number of likely N-dealkylation sites (N-methyl/N-ethyl adjacent to an activating group) is 1. The number of aromatic nitrogens is 1. The maximum Gasteiger partial charge on any atom is 0.235 e. The van der Waals surface area contributed by atoms with Gasteiger partial charge in [0.2, 0.25) is 17.4 Å². The second-order valence-corrected chi connectivity index (χ2v) is 7.50. The van der Waals surface area contributed by atoms with Crippen molar-refractivity contribution in [2.75, 3.05) is 42.0 Å². The first-order chi connectivity index (χ1) is 15.2. The zero-order chi connectivity index (χ0) is 23.6. The van der Waals surface area contributed by atoms with Crippen molar-refractivity contribution in [1.82, 2.24) is 9.47 Å². The first-order valence-corrected chi connectivity index (χ1v) is 9.94. The van der Waals surface area contributed by atoms with Crippen LogP contribution in [0.4, 0.5) is 0 Å². The fourth-order valence-electron chi connectivity index (χ4n) is 3.52. The summed E-state index contributed by atoms with van der Waals surface area (Å²) in [6, 6.07) is 6.51. The van der Waals surface area contributed by atoms with Crippen LogP contribution in [0, 0.1) is 6.92 Å². The minimum absolute atomic E-state index is 0.0521. The lowest BCUT2D eigenvalue weighted by Crippen LogP contribution is -2.19. The van der Waals surface area contributed by atoms with Crippen LogP contribution >= 0.6 is 0 Å². The Labute approximate surface area is 186 Å². The Morgan fingerprint density at radius 1 is 1.06 bits per heavy atom. The molecule has 0 aliphatic rings. The minimum Gasteiger partial charge on any atom is -0.503 e. The largest absolute Gasteiger partial charge is 0.503 e. The zero-order valence-corrected chi connectivity index (χ0v) is 19.1. The molecule has 9 nitrogen and oxygen atoms in total. The summed E-state index contributed by atoms with van der Waals surface area (Å²) in [6.07, 6.45) is 0. The SMILES string of the molecule is COc1cc(-c2c(C(=O)c3ccc(C)o3)c(O)c(O)n2CCN(C)C)cc(OC)c1OC. The van der Waals surface area contributed by atoms with Crippen molar-refractivity contribution in [3.8, 4) is 40.1 Å². The van der Waals surface area contributed by atoms with Gasteiger partial charge in [0.05, 0.1) is 32.6 Å². The first-order valence-electron chi connectivity index (χ1n) is 9.94. The lowest BCUT2D eigenvalue weighted by molar-refractivity contribution is 0.101. The lowest BCUT2D eigenvalue weighted by atomic mass is 10.0. The van der Waals surface area contributed by atoms with E-state index in [1.54, 1.807) is 25.1 Å². The number of ether oxygens (including phenoxy) is 3. The van der Waals surface area contributed by atoms with Crippen molar-refractivity contribution < 1.29 is 33.6 Å². The van der Waals surface area contributed by atoms with Gasteiger partial charge in [0.1, 0.15) is 5.76 Å². The molecule has 0 amide bonds. The molecule has 0 bridgehead atoms. The van der Waals surface area contributed by atoms with Gasteiger partial charge in [-0.15, -0.1) is 0 Å². The molecule has 0 unspecified atom stereocenters. The van der Waals surface area contributed by atoms with Crippen molar-refractivity contribution in [2.24, 2.45) is 0 Å². The molecule has 0 atom stereocenters. The van der Waals surface area contributed by atoms with Crippen LogP contribution in [-0.4, -0.2) is 67.4 Å². The number of rotatable bonds is 9. The fraction of sp³-hybridized carbons (Fsp3) is 0.348. The number of aromatic hydroxyl groups is 2. The number of carbonyl (C=O) groups is 1. The van der Waals surface area contributed by atoms with E-state index in [4.69, 9.17) is 18.6 Å². The minimum atomic E-state index is -0.557. The number of ketones is 1. The Kier molecular flexibility index (Phi) is 6.69. The van der Waals surface area contributed by atoms with Gasteiger partial charge in [-0.1, -0.05) is 0 Å². The van der Waals surface area contributed by atoms with E-state index in [1.807, 2.05) is 19.0 Å². The van der Waals surface area contributed by atoms with E-state index in [-0.39, 0.29) is 11.3 Å². The van der Waals surface area contributed by atoms with Crippen molar-refractivity contribution in [2.45, 2.75) is 13.5 Å². The van der Waals surface area contributed by atoms with E-state index in [0.717, 1.165) is 0 Å². The molecule has 2 N–H and O–H groups in total. The summed E-state index contributed by atoms with van der Waals surface area (Å²) < 4.78 is 23.3. The number of aryl methyl sites for hydroxylation is 1. The summed E-state index contributed by atoms with van der Waals surface area (Å²) in [7, 11) is 8.23. The highest BCUT2D eigenvalue weighted by Crippen LogP contribution is 2.46. The van der Waals surface area contributed by atoms with Gasteiger partial charge >= 0.3 is 0 Å². The van der Waals surface area contributed by atoms with Gasteiger partial charge in [-0.05, 0) is 45.3 Å². The van der Waals surface area contributed by atoms with Gasteiger partial charge in [0.25, 0.3) is 0 Å². The second-order valence-electron chi connectivity index (χ2n) is 7.50. The molecule has 9 heteroatoms. The van der Waals surface area contributed by atoms with Gasteiger partial charge in [-0.3, -0.25) is 4.79 Å². The van der Waals surface area contributed by atoms with Gasteiger partial charge in [0.15, 0.2) is 23.0 Å². The van der Waals surface area contributed by atoms with Crippen LogP contribution in [0.15, 0.2) is 28.7 Å². The van der Waals surface area contributed by atoms with Crippen LogP contribution < -0.4 is 14.2 Å². The molecular weight excluding hydrogens is 416 g/mol. The van der Waals surface area contributed by atoms with Crippen molar-refractivity contribution in [3.05, 3.63) is 41.3 Å². The first kappa shape index (κ1) is 23.1. The third-order valence-corrected chi connectivity index (χ3v) is 5.11. The monoisotopic (exact) mass is 444 g/mol. The van der Waals surface area contributed by atoms with E-state index < -0.39 is 17.4 Å². The Morgan fingerprint density at radius 2 is 1.69 bits per heavy atom. The summed E-state index contributed by atoms with van der Waals surface area (Å²) in [4.78, 5) is 15.3. The Morgan fingerprint density at radius 3 is 2.16 bits per heavy atom. The molecule has 0 saturated heterocycles. The van der Waals surface area contributed by atoms with E-state index >= 15 is 0 Å². The van der Waals surface area contributed by atoms with Crippen LogP contribution in [0.1, 0.15) is 21.9 Å². The van der Waals surface area contributed by atoms with Crippen molar-refractivity contribution in [1.29, 1.82) is 0 Å². The number of nitrogens with zero attached hydrogens (tertiary/aromatic N) is 2. The summed E-state index contributed by atoms with van der Waals surface area (Å²) in [5.74, 6) is 0.233. The van der Waals surface area contributed by atoms with Gasteiger partial charge in [0, 0.05) is 18.7 Å². The van der Waals surface area contributed by atoms with Crippen molar-refractivity contribution in [3.63, 3.8) is 0 Å². The number of hydrogen-bond acceptors (Lipinski definition) is 8. The zero-order valence-electron chi connectivity index (χ0n) is 19.1. The summed E-state index contributed by atoms with van der Waals surface area (Å²) >= 11 is 0. The molecule has 0 radical (unpaired) electrons. The van der Waals surface area contributed by atoms with E-state index in [0.29, 0.717) is 47.4 Å². The topological polar surface area (TPSA) is 107 Å². The molecule has 3 aromatic rings. The van der Waals surface area contributed by atoms with E-state index in [9.17, 15) is 15.0 Å². The summed E-state index contributed by atoms with van der Waals surface area (Å²) in [5.41, 5.74) is 0.713. The van der Waals surface area contributed by atoms with Crippen LogP contribution in [0.3, 0.4) is 0 Å². The Bertz CT molecular complexity index is 1100.